The van der Waals surface area contributed by atoms with Gasteiger partial charge in [0.25, 0.3) is 5.91 Å². The Labute approximate surface area is 125 Å². The number of hydrogen-bond acceptors (Lipinski definition) is 3. The number of aromatic carboxylic acids is 1. The Balaban J connectivity index is 2.29. The normalized spacial score (nSPS) is 10.1. The predicted octanol–water partition coefficient (Wildman–Crippen LogP) is 3.08. The van der Waals surface area contributed by atoms with Crippen molar-refractivity contribution in [1.29, 1.82) is 0 Å². The molecular weight excluding hydrogens is 294 g/mol. The summed E-state index contributed by atoms with van der Waals surface area (Å²) >= 11 is 5.71. The number of aromatic hydroxyl groups is 1. The Morgan fingerprint density at radius 3 is 2.57 bits per heavy atom. The van der Waals surface area contributed by atoms with Gasteiger partial charge in [0.1, 0.15) is 5.75 Å². The summed E-state index contributed by atoms with van der Waals surface area (Å²) in [6, 6.07) is 10.4. The second kappa shape index (κ2) is 6.28. The number of carboxylic acid groups (broad SMARTS) is 1. The summed E-state index contributed by atoms with van der Waals surface area (Å²) in [4.78, 5) is 23.2. The molecule has 0 radical (unpaired) electrons. The second-order valence-electron chi connectivity index (χ2n) is 4.32. The van der Waals surface area contributed by atoms with Crippen molar-refractivity contribution in [3.63, 3.8) is 0 Å². The standard InChI is InChI=1S/C15H12ClNO4/c16-8-9-2-1-3-10(6-9)14(19)17-13-5-4-11(18)7-12(13)15(20)21/h1-7,18H,8H2,(H,17,19)(H,20,21). The van der Waals surface area contributed by atoms with Crippen LogP contribution in [0.2, 0.25) is 0 Å². The van der Waals surface area contributed by atoms with Gasteiger partial charge in [-0.1, -0.05) is 12.1 Å². The van der Waals surface area contributed by atoms with Gasteiger partial charge in [0.2, 0.25) is 0 Å². The first-order valence-electron chi connectivity index (χ1n) is 6.04. The molecule has 3 N–H and O–H groups in total. The van der Waals surface area contributed by atoms with E-state index in [1.54, 1.807) is 24.3 Å². The highest BCUT2D eigenvalue weighted by Gasteiger charge is 2.14. The molecule has 21 heavy (non-hydrogen) atoms. The summed E-state index contributed by atoms with van der Waals surface area (Å²) in [5.41, 5.74) is 1.09. The zero-order valence-corrected chi connectivity index (χ0v) is 11.6. The SMILES string of the molecule is O=C(Nc1ccc(O)cc1C(=O)O)c1cccc(CCl)c1. The van der Waals surface area contributed by atoms with Crippen LogP contribution in [-0.4, -0.2) is 22.1 Å². The van der Waals surface area contributed by atoms with Crippen LogP contribution >= 0.6 is 11.6 Å². The number of carboxylic acids is 1. The highest BCUT2D eigenvalue weighted by molar-refractivity contribution is 6.17. The molecule has 0 heterocycles. The predicted molar refractivity (Wildman–Crippen MR) is 79.0 cm³/mol. The molecule has 6 heteroatoms. The highest BCUT2D eigenvalue weighted by atomic mass is 35.5. The number of rotatable bonds is 4. The average molecular weight is 306 g/mol. The zero-order valence-electron chi connectivity index (χ0n) is 10.8. The van der Waals surface area contributed by atoms with Crippen LogP contribution in [-0.2, 0) is 5.88 Å². The fourth-order valence-corrected chi connectivity index (χ4v) is 1.97. The minimum atomic E-state index is -1.24. The molecule has 0 fully saturated rings. The lowest BCUT2D eigenvalue weighted by molar-refractivity contribution is 0.0697. The van der Waals surface area contributed by atoms with Crippen molar-refractivity contribution in [3.8, 4) is 5.75 Å². The van der Waals surface area contributed by atoms with E-state index < -0.39 is 11.9 Å². The number of alkyl halides is 1. The van der Waals surface area contributed by atoms with E-state index >= 15 is 0 Å². The molecule has 0 saturated carbocycles. The van der Waals surface area contributed by atoms with Gasteiger partial charge in [-0.25, -0.2) is 4.79 Å². The summed E-state index contributed by atoms with van der Waals surface area (Å²) < 4.78 is 0. The number of phenols is 1. The highest BCUT2D eigenvalue weighted by Crippen LogP contribution is 2.22. The fraction of sp³-hybridized carbons (Fsp3) is 0.0667. The number of halogens is 1. The van der Waals surface area contributed by atoms with Gasteiger partial charge in [0.15, 0.2) is 0 Å². The molecule has 1 amide bonds. The molecule has 0 atom stereocenters. The van der Waals surface area contributed by atoms with Crippen LogP contribution in [0.4, 0.5) is 5.69 Å². The van der Waals surface area contributed by atoms with Crippen molar-refractivity contribution in [2.75, 3.05) is 5.32 Å². The Hall–Kier alpha value is -2.53. The summed E-state index contributed by atoms with van der Waals surface area (Å²) in [5.74, 6) is -1.60. The quantitative estimate of drug-likeness (QED) is 0.598. The van der Waals surface area contributed by atoms with Crippen molar-refractivity contribution in [2.24, 2.45) is 0 Å². The van der Waals surface area contributed by atoms with E-state index in [1.165, 1.54) is 12.1 Å². The van der Waals surface area contributed by atoms with E-state index in [-0.39, 0.29) is 22.9 Å². The third kappa shape index (κ3) is 3.52. The summed E-state index contributed by atoms with van der Waals surface area (Å²) in [7, 11) is 0. The second-order valence-corrected chi connectivity index (χ2v) is 4.59. The molecule has 108 valence electrons. The van der Waals surface area contributed by atoms with Gasteiger partial charge < -0.3 is 15.5 Å². The molecule has 0 spiro atoms. The third-order valence-corrected chi connectivity index (χ3v) is 3.13. The molecule has 0 aromatic heterocycles. The van der Waals surface area contributed by atoms with Gasteiger partial charge in [-0.3, -0.25) is 4.79 Å². The Bertz CT molecular complexity index is 700. The molecule has 0 aliphatic rings. The molecule has 2 aromatic rings. The van der Waals surface area contributed by atoms with E-state index in [4.69, 9.17) is 16.7 Å². The van der Waals surface area contributed by atoms with E-state index in [0.29, 0.717) is 5.56 Å². The van der Waals surface area contributed by atoms with Crippen LogP contribution in [0, 0.1) is 0 Å². The number of benzene rings is 2. The Kier molecular flexibility index (Phi) is 4.45. The van der Waals surface area contributed by atoms with Crippen LogP contribution in [0.5, 0.6) is 5.75 Å². The van der Waals surface area contributed by atoms with Crippen molar-refractivity contribution < 1.29 is 19.8 Å². The first-order chi connectivity index (χ1) is 10.0. The Morgan fingerprint density at radius 1 is 1.14 bits per heavy atom. The van der Waals surface area contributed by atoms with Gasteiger partial charge in [-0.15, -0.1) is 11.6 Å². The van der Waals surface area contributed by atoms with Gasteiger partial charge in [-0.2, -0.15) is 0 Å². The molecule has 2 aromatic carbocycles. The molecule has 0 saturated heterocycles. The zero-order chi connectivity index (χ0) is 15.4. The van der Waals surface area contributed by atoms with Crippen LogP contribution in [0.25, 0.3) is 0 Å². The van der Waals surface area contributed by atoms with Crippen LogP contribution in [0.15, 0.2) is 42.5 Å². The van der Waals surface area contributed by atoms with E-state index in [1.807, 2.05) is 0 Å². The maximum Gasteiger partial charge on any atom is 0.337 e. The smallest absolute Gasteiger partial charge is 0.337 e. The number of hydrogen-bond donors (Lipinski definition) is 3. The number of amides is 1. The Morgan fingerprint density at radius 2 is 1.90 bits per heavy atom. The number of carbonyl (C=O) groups is 2. The topological polar surface area (TPSA) is 86.6 Å². The molecule has 0 aliphatic carbocycles. The lowest BCUT2D eigenvalue weighted by Crippen LogP contribution is -2.15. The van der Waals surface area contributed by atoms with Crippen LogP contribution < -0.4 is 5.32 Å². The molecule has 0 bridgehead atoms. The van der Waals surface area contributed by atoms with Crippen molar-refractivity contribution in [1.82, 2.24) is 0 Å². The van der Waals surface area contributed by atoms with Crippen molar-refractivity contribution >= 4 is 29.2 Å². The van der Waals surface area contributed by atoms with E-state index in [0.717, 1.165) is 11.6 Å². The number of nitrogens with one attached hydrogen (secondary N) is 1. The monoisotopic (exact) mass is 305 g/mol. The van der Waals surface area contributed by atoms with E-state index in [9.17, 15) is 14.7 Å². The van der Waals surface area contributed by atoms with Gasteiger partial charge in [-0.05, 0) is 35.9 Å². The third-order valence-electron chi connectivity index (χ3n) is 2.83. The summed E-state index contributed by atoms with van der Waals surface area (Å²) in [5, 5.41) is 20.9. The number of phenolic OH excluding ortho intramolecular Hbond substituents is 1. The van der Waals surface area contributed by atoms with Crippen molar-refractivity contribution in [3.05, 3.63) is 59.2 Å². The molecule has 0 aliphatic heterocycles. The van der Waals surface area contributed by atoms with Crippen molar-refractivity contribution in [2.45, 2.75) is 5.88 Å². The maximum atomic E-state index is 12.1. The van der Waals surface area contributed by atoms with Gasteiger partial charge >= 0.3 is 5.97 Å². The summed E-state index contributed by atoms with van der Waals surface area (Å²) in [6.45, 7) is 0. The molecule has 2 rings (SSSR count). The van der Waals surface area contributed by atoms with E-state index in [2.05, 4.69) is 5.32 Å². The molecular formula is C15H12ClNO4. The average Bonchev–Trinajstić information content (AvgIpc) is 2.48. The molecule has 0 unspecified atom stereocenters. The maximum absolute atomic E-state index is 12.1. The van der Waals surface area contributed by atoms with Crippen LogP contribution in [0.3, 0.4) is 0 Å². The summed E-state index contributed by atoms with van der Waals surface area (Å²) in [6.07, 6.45) is 0. The van der Waals surface area contributed by atoms with Gasteiger partial charge in [0.05, 0.1) is 11.3 Å². The first kappa shape index (κ1) is 14.9. The molecule has 5 nitrogen and oxygen atoms in total. The minimum Gasteiger partial charge on any atom is -0.508 e. The van der Waals surface area contributed by atoms with Crippen LogP contribution in [0.1, 0.15) is 26.3 Å². The first-order valence-corrected chi connectivity index (χ1v) is 6.57. The number of anilines is 1. The minimum absolute atomic E-state index is 0.113. The number of carbonyl (C=O) groups excluding carboxylic acids is 1. The lowest BCUT2D eigenvalue weighted by Gasteiger charge is -2.09. The largest absolute Gasteiger partial charge is 0.508 e. The fourth-order valence-electron chi connectivity index (χ4n) is 1.81. The lowest BCUT2D eigenvalue weighted by atomic mass is 10.1. The van der Waals surface area contributed by atoms with Gasteiger partial charge in [0, 0.05) is 11.4 Å².